The molecule has 1 aromatic rings. The summed E-state index contributed by atoms with van der Waals surface area (Å²) in [7, 11) is 1.70. The summed E-state index contributed by atoms with van der Waals surface area (Å²) < 4.78 is 0. The van der Waals surface area contributed by atoms with E-state index in [1.165, 1.54) is 22.3 Å². The molecule has 0 saturated carbocycles. The van der Waals surface area contributed by atoms with Crippen molar-refractivity contribution in [3.05, 3.63) is 34.4 Å². The van der Waals surface area contributed by atoms with Crippen LogP contribution in [-0.4, -0.2) is 43.5 Å². The second-order valence-electron chi connectivity index (χ2n) is 5.67. The van der Waals surface area contributed by atoms with Gasteiger partial charge in [-0.2, -0.15) is 0 Å². The minimum absolute atomic E-state index is 0.0743. The van der Waals surface area contributed by atoms with Gasteiger partial charge >= 0.3 is 0 Å². The fraction of sp³-hybridized carbons (Fsp3) is 0.562. The van der Waals surface area contributed by atoms with Gasteiger partial charge in [-0.3, -0.25) is 9.69 Å². The molecule has 1 amide bonds. The van der Waals surface area contributed by atoms with Gasteiger partial charge in [-0.05, 0) is 43.0 Å². The predicted octanol–water partition coefficient (Wildman–Crippen LogP) is 1.13. The van der Waals surface area contributed by atoms with Crippen LogP contribution in [0.2, 0.25) is 0 Å². The lowest BCUT2D eigenvalue weighted by atomic mass is 9.99. The number of nitrogens with zero attached hydrogens (tertiary/aromatic N) is 1. The number of carbonyl (C=O) groups is 1. The van der Waals surface area contributed by atoms with Gasteiger partial charge < -0.3 is 10.6 Å². The molecule has 1 unspecified atom stereocenters. The van der Waals surface area contributed by atoms with E-state index in [9.17, 15) is 4.79 Å². The van der Waals surface area contributed by atoms with E-state index >= 15 is 0 Å². The SMILES string of the molecule is CNC(=O)C1CNCCN1Cc1cc(C)c(C)cc1C. The number of piperazine rings is 1. The molecule has 1 aliphatic heterocycles. The molecule has 4 heteroatoms. The Morgan fingerprint density at radius 1 is 1.30 bits per heavy atom. The Bertz CT molecular complexity index is 499. The normalized spacial score (nSPS) is 19.9. The lowest BCUT2D eigenvalue weighted by Gasteiger charge is -2.35. The van der Waals surface area contributed by atoms with Crippen molar-refractivity contribution < 1.29 is 4.79 Å². The highest BCUT2D eigenvalue weighted by atomic mass is 16.2. The maximum absolute atomic E-state index is 12.0. The van der Waals surface area contributed by atoms with Crippen molar-refractivity contribution in [1.29, 1.82) is 0 Å². The summed E-state index contributed by atoms with van der Waals surface area (Å²) in [5.74, 6) is 0.0960. The monoisotopic (exact) mass is 275 g/mol. The average molecular weight is 275 g/mol. The zero-order valence-electron chi connectivity index (χ0n) is 12.9. The van der Waals surface area contributed by atoms with Gasteiger partial charge in [-0.25, -0.2) is 0 Å². The zero-order valence-corrected chi connectivity index (χ0v) is 12.9. The van der Waals surface area contributed by atoms with E-state index in [0.29, 0.717) is 0 Å². The smallest absolute Gasteiger partial charge is 0.238 e. The van der Waals surface area contributed by atoms with Crippen molar-refractivity contribution >= 4 is 5.91 Å². The molecule has 0 spiro atoms. The van der Waals surface area contributed by atoms with Crippen LogP contribution in [0.4, 0.5) is 0 Å². The molecule has 0 bridgehead atoms. The molecule has 1 aromatic carbocycles. The molecule has 1 aliphatic rings. The van der Waals surface area contributed by atoms with E-state index in [1.54, 1.807) is 7.05 Å². The quantitative estimate of drug-likeness (QED) is 0.869. The van der Waals surface area contributed by atoms with Crippen molar-refractivity contribution in [2.75, 3.05) is 26.7 Å². The van der Waals surface area contributed by atoms with Crippen LogP contribution < -0.4 is 10.6 Å². The molecule has 1 fully saturated rings. The molecule has 2 N–H and O–H groups in total. The van der Waals surface area contributed by atoms with E-state index in [0.717, 1.165) is 26.2 Å². The summed E-state index contributed by atoms with van der Waals surface area (Å²) in [4.78, 5) is 14.3. The number of benzene rings is 1. The fourth-order valence-electron chi connectivity index (χ4n) is 2.77. The number of hydrogen-bond acceptors (Lipinski definition) is 3. The van der Waals surface area contributed by atoms with Crippen molar-refractivity contribution in [3.8, 4) is 0 Å². The van der Waals surface area contributed by atoms with Crippen LogP contribution in [-0.2, 0) is 11.3 Å². The van der Waals surface area contributed by atoms with Gasteiger partial charge in [-0.15, -0.1) is 0 Å². The van der Waals surface area contributed by atoms with Crippen molar-refractivity contribution in [3.63, 3.8) is 0 Å². The highest BCUT2D eigenvalue weighted by Crippen LogP contribution is 2.18. The van der Waals surface area contributed by atoms with Crippen LogP contribution in [0, 0.1) is 20.8 Å². The molecule has 4 nitrogen and oxygen atoms in total. The van der Waals surface area contributed by atoms with E-state index in [-0.39, 0.29) is 11.9 Å². The number of amides is 1. The Morgan fingerprint density at radius 3 is 2.70 bits per heavy atom. The number of rotatable bonds is 3. The zero-order chi connectivity index (χ0) is 14.7. The van der Waals surface area contributed by atoms with Crippen molar-refractivity contribution in [2.24, 2.45) is 0 Å². The van der Waals surface area contributed by atoms with Gasteiger partial charge in [-0.1, -0.05) is 12.1 Å². The number of nitrogens with one attached hydrogen (secondary N) is 2. The van der Waals surface area contributed by atoms with E-state index < -0.39 is 0 Å². The largest absolute Gasteiger partial charge is 0.358 e. The lowest BCUT2D eigenvalue weighted by Crippen LogP contribution is -2.56. The molecule has 0 radical (unpaired) electrons. The first kappa shape index (κ1) is 15.0. The number of likely N-dealkylation sites (N-methyl/N-ethyl adjacent to an activating group) is 1. The first-order valence-corrected chi connectivity index (χ1v) is 7.26. The number of carbonyl (C=O) groups excluding carboxylic acids is 1. The molecular weight excluding hydrogens is 250 g/mol. The molecule has 20 heavy (non-hydrogen) atoms. The summed E-state index contributed by atoms with van der Waals surface area (Å²) in [6.07, 6.45) is 0. The lowest BCUT2D eigenvalue weighted by molar-refractivity contribution is -0.126. The van der Waals surface area contributed by atoms with Gasteiger partial charge in [0.25, 0.3) is 0 Å². The Labute approximate surface area is 121 Å². The second kappa shape index (κ2) is 6.37. The summed E-state index contributed by atoms with van der Waals surface area (Å²) in [5, 5.41) is 6.06. The molecule has 1 atom stereocenters. The minimum Gasteiger partial charge on any atom is -0.358 e. The third kappa shape index (κ3) is 3.19. The highest BCUT2D eigenvalue weighted by Gasteiger charge is 2.28. The first-order chi connectivity index (χ1) is 9.52. The number of hydrogen-bond donors (Lipinski definition) is 2. The van der Waals surface area contributed by atoms with Gasteiger partial charge in [0.05, 0.1) is 0 Å². The molecule has 1 saturated heterocycles. The Kier molecular flexibility index (Phi) is 4.78. The van der Waals surface area contributed by atoms with E-state index in [2.05, 4.69) is 48.4 Å². The second-order valence-corrected chi connectivity index (χ2v) is 5.67. The average Bonchev–Trinajstić information content (AvgIpc) is 2.44. The topological polar surface area (TPSA) is 44.4 Å². The molecule has 0 aromatic heterocycles. The Hall–Kier alpha value is -1.39. The van der Waals surface area contributed by atoms with Crippen molar-refractivity contribution in [2.45, 2.75) is 33.4 Å². The molecule has 0 aliphatic carbocycles. The Morgan fingerprint density at radius 2 is 2.00 bits per heavy atom. The van der Waals surface area contributed by atoms with Crippen LogP contribution in [0.5, 0.6) is 0 Å². The molecule has 110 valence electrons. The van der Waals surface area contributed by atoms with Crippen LogP contribution in [0.3, 0.4) is 0 Å². The van der Waals surface area contributed by atoms with Crippen LogP contribution >= 0.6 is 0 Å². The van der Waals surface area contributed by atoms with Crippen LogP contribution in [0.15, 0.2) is 12.1 Å². The summed E-state index contributed by atoms with van der Waals surface area (Å²) in [6, 6.07) is 4.42. The van der Waals surface area contributed by atoms with Gasteiger partial charge in [0, 0.05) is 33.2 Å². The molecular formula is C16H25N3O. The van der Waals surface area contributed by atoms with Crippen LogP contribution in [0.1, 0.15) is 22.3 Å². The first-order valence-electron chi connectivity index (χ1n) is 7.26. The minimum atomic E-state index is -0.0743. The third-order valence-corrected chi connectivity index (χ3v) is 4.23. The van der Waals surface area contributed by atoms with E-state index in [4.69, 9.17) is 0 Å². The maximum Gasteiger partial charge on any atom is 0.238 e. The third-order valence-electron chi connectivity index (χ3n) is 4.23. The predicted molar refractivity (Wildman–Crippen MR) is 81.8 cm³/mol. The van der Waals surface area contributed by atoms with E-state index in [1.807, 2.05) is 0 Å². The summed E-state index contributed by atoms with van der Waals surface area (Å²) in [6.45, 7) is 9.85. The van der Waals surface area contributed by atoms with Gasteiger partial charge in [0.1, 0.15) is 6.04 Å². The molecule has 1 heterocycles. The molecule has 2 rings (SSSR count). The van der Waals surface area contributed by atoms with Crippen molar-refractivity contribution in [1.82, 2.24) is 15.5 Å². The standard InChI is InChI=1S/C16H25N3O/c1-11-7-13(3)14(8-12(11)2)10-19-6-5-18-9-15(19)16(20)17-4/h7-8,15,18H,5-6,9-10H2,1-4H3,(H,17,20). The fourth-order valence-corrected chi connectivity index (χ4v) is 2.77. The highest BCUT2D eigenvalue weighted by molar-refractivity contribution is 5.81. The van der Waals surface area contributed by atoms with Gasteiger partial charge in [0.2, 0.25) is 5.91 Å². The Balaban J connectivity index is 2.18. The van der Waals surface area contributed by atoms with Crippen LogP contribution in [0.25, 0.3) is 0 Å². The summed E-state index contributed by atoms with van der Waals surface area (Å²) in [5.41, 5.74) is 5.28. The maximum atomic E-state index is 12.0. The van der Waals surface area contributed by atoms with Gasteiger partial charge in [0.15, 0.2) is 0 Å². The summed E-state index contributed by atoms with van der Waals surface area (Å²) >= 11 is 0. The number of aryl methyl sites for hydroxylation is 3.